The van der Waals surface area contributed by atoms with Crippen molar-refractivity contribution in [2.24, 2.45) is 0 Å². The van der Waals surface area contributed by atoms with Gasteiger partial charge in [-0.1, -0.05) is 6.92 Å². The number of esters is 2. The van der Waals surface area contributed by atoms with Crippen LogP contribution >= 0.6 is 12.4 Å². The maximum absolute atomic E-state index is 11.2. The first-order chi connectivity index (χ1) is 7.65. The van der Waals surface area contributed by atoms with Crippen molar-refractivity contribution in [3.8, 4) is 0 Å². The Morgan fingerprint density at radius 2 is 1.94 bits per heavy atom. The van der Waals surface area contributed by atoms with E-state index in [1.165, 1.54) is 7.11 Å². The second kappa shape index (κ2) is 11.7. The van der Waals surface area contributed by atoms with Crippen molar-refractivity contribution in [1.29, 1.82) is 0 Å². The molecule has 0 bridgehead atoms. The maximum atomic E-state index is 11.2. The molecule has 0 amide bonds. The Kier molecular flexibility index (Phi) is 12.7. The fraction of sp³-hybridized carbons (Fsp3) is 0.818. The van der Waals surface area contributed by atoms with Crippen LogP contribution in [0.25, 0.3) is 0 Å². The Morgan fingerprint density at radius 1 is 1.29 bits per heavy atom. The number of halogens is 1. The molecular weight excluding hydrogens is 246 g/mol. The Hall–Kier alpha value is -0.810. The molecule has 1 unspecified atom stereocenters. The number of methoxy groups -OCH3 is 1. The van der Waals surface area contributed by atoms with Crippen LogP contribution in [-0.2, 0) is 19.1 Å². The van der Waals surface area contributed by atoms with Gasteiger partial charge in [0.25, 0.3) is 0 Å². The van der Waals surface area contributed by atoms with Gasteiger partial charge in [-0.2, -0.15) is 0 Å². The van der Waals surface area contributed by atoms with Gasteiger partial charge in [-0.25, -0.2) is 0 Å². The minimum absolute atomic E-state index is 0. The molecule has 1 N–H and O–H groups in total. The van der Waals surface area contributed by atoms with E-state index in [1.807, 2.05) is 6.92 Å². The van der Waals surface area contributed by atoms with Crippen LogP contribution in [0.5, 0.6) is 0 Å². The van der Waals surface area contributed by atoms with Crippen LogP contribution < -0.4 is 5.32 Å². The summed E-state index contributed by atoms with van der Waals surface area (Å²) in [7, 11) is 1.37. The predicted octanol–water partition coefficient (Wildman–Crippen LogP) is 1.29. The van der Waals surface area contributed by atoms with Gasteiger partial charge in [-0.15, -0.1) is 12.4 Å². The van der Waals surface area contributed by atoms with E-state index in [2.05, 4.69) is 10.1 Å². The average molecular weight is 268 g/mol. The van der Waals surface area contributed by atoms with Crippen LogP contribution in [0.2, 0.25) is 0 Å². The fourth-order valence-electron chi connectivity index (χ4n) is 1.28. The monoisotopic (exact) mass is 267 g/mol. The summed E-state index contributed by atoms with van der Waals surface area (Å²) in [6.07, 6.45) is 1.71. The quantitative estimate of drug-likeness (QED) is 0.530. The van der Waals surface area contributed by atoms with Gasteiger partial charge in [0, 0.05) is 6.42 Å². The Bertz CT molecular complexity index is 224. The van der Waals surface area contributed by atoms with E-state index in [-0.39, 0.29) is 30.4 Å². The second-order valence-corrected chi connectivity index (χ2v) is 3.35. The standard InChI is InChI=1S/C11H21NO4.ClH/c1-4-9(11(14)15-3)12-8-6-7-10(13)16-5-2;/h9,12H,4-8H2,1-3H3;1H. The van der Waals surface area contributed by atoms with Crippen LogP contribution in [0.1, 0.15) is 33.1 Å². The highest BCUT2D eigenvalue weighted by Crippen LogP contribution is 1.96. The summed E-state index contributed by atoms with van der Waals surface area (Å²) in [5, 5.41) is 3.04. The number of rotatable bonds is 8. The Labute approximate surface area is 109 Å². The third kappa shape index (κ3) is 8.94. The average Bonchev–Trinajstić information content (AvgIpc) is 2.28. The van der Waals surface area contributed by atoms with Gasteiger partial charge in [0.1, 0.15) is 6.04 Å². The van der Waals surface area contributed by atoms with Crippen LogP contribution in [0.3, 0.4) is 0 Å². The fourth-order valence-corrected chi connectivity index (χ4v) is 1.28. The molecule has 17 heavy (non-hydrogen) atoms. The lowest BCUT2D eigenvalue weighted by molar-refractivity contribution is -0.143. The molecule has 0 saturated heterocycles. The van der Waals surface area contributed by atoms with Gasteiger partial charge in [-0.3, -0.25) is 9.59 Å². The van der Waals surface area contributed by atoms with E-state index < -0.39 is 0 Å². The molecule has 0 aliphatic carbocycles. The minimum atomic E-state index is -0.285. The lowest BCUT2D eigenvalue weighted by Gasteiger charge is -2.13. The Morgan fingerprint density at radius 3 is 2.41 bits per heavy atom. The first-order valence-corrected chi connectivity index (χ1v) is 5.62. The largest absolute Gasteiger partial charge is 0.468 e. The number of ether oxygens (including phenoxy) is 2. The summed E-state index contributed by atoms with van der Waals surface area (Å²) in [6.45, 7) is 4.69. The lowest BCUT2D eigenvalue weighted by atomic mass is 10.2. The second-order valence-electron chi connectivity index (χ2n) is 3.35. The van der Waals surface area contributed by atoms with Gasteiger partial charge in [0.15, 0.2) is 0 Å². The minimum Gasteiger partial charge on any atom is -0.468 e. The van der Waals surface area contributed by atoms with E-state index in [4.69, 9.17) is 4.74 Å². The van der Waals surface area contributed by atoms with E-state index in [0.29, 0.717) is 32.4 Å². The first-order valence-electron chi connectivity index (χ1n) is 5.62. The zero-order chi connectivity index (χ0) is 12.4. The highest BCUT2D eigenvalue weighted by Gasteiger charge is 2.15. The van der Waals surface area contributed by atoms with Crippen molar-refractivity contribution >= 4 is 24.3 Å². The third-order valence-corrected chi connectivity index (χ3v) is 2.15. The van der Waals surface area contributed by atoms with Crippen molar-refractivity contribution in [1.82, 2.24) is 5.32 Å². The molecule has 0 spiro atoms. The molecule has 0 aromatic carbocycles. The van der Waals surface area contributed by atoms with Crippen molar-refractivity contribution in [2.75, 3.05) is 20.3 Å². The van der Waals surface area contributed by atoms with E-state index in [9.17, 15) is 9.59 Å². The zero-order valence-corrected chi connectivity index (χ0v) is 11.5. The maximum Gasteiger partial charge on any atom is 0.322 e. The van der Waals surface area contributed by atoms with E-state index >= 15 is 0 Å². The summed E-state index contributed by atoms with van der Waals surface area (Å²) < 4.78 is 9.41. The van der Waals surface area contributed by atoms with E-state index in [1.54, 1.807) is 6.92 Å². The van der Waals surface area contributed by atoms with Crippen LogP contribution in [0.15, 0.2) is 0 Å². The van der Waals surface area contributed by atoms with Crippen LogP contribution in [0.4, 0.5) is 0 Å². The lowest BCUT2D eigenvalue weighted by Crippen LogP contribution is -2.37. The summed E-state index contributed by atoms with van der Waals surface area (Å²) in [5.41, 5.74) is 0. The molecule has 102 valence electrons. The highest BCUT2D eigenvalue weighted by atomic mass is 35.5. The number of carbonyl (C=O) groups is 2. The molecule has 0 heterocycles. The molecular formula is C11H22ClNO4. The molecule has 0 rings (SSSR count). The van der Waals surface area contributed by atoms with Crippen molar-refractivity contribution in [3.63, 3.8) is 0 Å². The molecule has 5 nitrogen and oxygen atoms in total. The van der Waals surface area contributed by atoms with Crippen molar-refractivity contribution < 1.29 is 19.1 Å². The summed E-state index contributed by atoms with van der Waals surface area (Å²) in [6, 6.07) is -0.285. The zero-order valence-electron chi connectivity index (χ0n) is 10.7. The summed E-state index contributed by atoms with van der Waals surface area (Å²) in [4.78, 5) is 22.2. The van der Waals surface area contributed by atoms with Gasteiger partial charge in [-0.05, 0) is 26.3 Å². The number of hydrogen-bond donors (Lipinski definition) is 1. The SMILES string of the molecule is CCOC(=O)CCCNC(CC)C(=O)OC.Cl. The highest BCUT2D eigenvalue weighted by molar-refractivity contribution is 5.85. The molecule has 0 saturated carbocycles. The predicted molar refractivity (Wildman–Crippen MR) is 67.2 cm³/mol. The molecule has 0 fully saturated rings. The molecule has 0 aromatic heterocycles. The molecule has 0 aliphatic heterocycles. The summed E-state index contributed by atoms with van der Waals surface area (Å²) in [5.74, 6) is -0.464. The molecule has 0 aromatic rings. The van der Waals surface area contributed by atoms with E-state index in [0.717, 1.165) is 0 Å². The van der Waals surface area contributed by atoms with Crippen LogP contribution in [-0.4, -0.2) is 38.2 Å². The molecule has 0 radical (unpaired) electrons. The van der Waals surface area contributed by atoms with Gasteiger partial charge in [0.05, 0.1) is 13.7 Å². The number of carbonyl (C=O) groups excluding carboxylic acids is 2. The van der Waals surface area contributed by atoms with Crippen LogP contribution in [0, 0.1) is 0 Å². The molecule has 0 aliphatic rings. The van der Waals surface area contributed by atoms with Gasteiger partial charge < -0.3 is 14.8 Å². The Balaban J connectivity index is 0. The van der Waals surface area contributed by atoms with Crippen molar-refractivity contribution in [2.45, 2.75) is 39.2 Å². The number of nitrogens with one attached hydrogen (secondary N) is 1. The first kappa shape index (κ1) is 18.6. The molecule has 1 atom stereocenters. The summed E-state index contributed by atoms with van der Waals surface area (Å²) >= 11 is 0. The topological polar surface area (TPSA) is 64.6 Å². The normalized spacial score (nSPS) is 11.2. The van der Waals surface area contributed by atoms with Gasteiger partial charge >= 0.3 is 11.9 Å². The third-order valence-electron chi connectivity index (χ3n) is 2.15. The molecule has 6 heteroatoms. The number of hydrogen-bond acceptors (Lipinski definition) is 5. The smallest absolute Gasteiger partial charge is 0.322 e. The van der Waals surface area contributed by atoms with Crippen molar-refractivity contribution in [3.05, 3.63) is 0 Å². The van der Waals surface area contributed by atoms with Gasteiger partial charge in [0.2, 0.25) is 0 Å².